The van der Waals surface area contributed by atoms with Crippen molar-refractivity contribution in [3.8, 4) is 0 Å². The van der Waals surface area contributed by atoms with E-state index in [1.165, 1.54) is 32.1 Å². The van der Waals surface area contributed by atoms with Crippen LogP contribution in [-0.2, 0) is 14.3 Å². The molecule has 0 spiro atoms. The zero-order chi connectivity index (χ0) is 18.6. The molecule has 1 aliphatic carbocycles. The maximum absolute atomic E-state index is 12.3. The summed E-state index contributed by atoms with van der Waals surface area (Å²) < 4.78 is 11.1. The molecule has 1 aliphatic heterocycles. The van der Waals surface area contributed by atoms with Crippen molar-refractivity contribution < 1.29 is 19.1 Å². The summed E-state index contributed by atoms with van der Waals surface area (Å²) in [4.78, 5) is 24.5. The van der Waals surface area contributed by atoms with Crippen LogP contribution in [0.2, 0.25) is 0 Å². The minimum Gasteiger partial charge on any atom is -0.460 e. The zero-order valence-electron chi connectivity index (χ0n) is 16.5. The molecule has 0 aromatic heterocycles. The highest BCUT2D eigenvalue weighted by atomic mass is 16.6. The van der Waals surface area contributed by atoms with Crippen molar-refractivity contribution >= 4 is 12.1 Å². The van der Waals surface area contributed by atoms with E-state index in [-0.39, 0.29) is 30.0 Å². The van der Waals surface area contributed by atoms with Gasteiger partial charge in [-0.1, -0.05) is 46.0 Å². The molecule has 1 N–H and O–H groups in total. The lowest BCUT2D eigenvalue weighted by atomic mass is 9.82. The van der Waals surface area contributed by atoms with E-state index in [4.69, 9.17) is 9.47 Å². The molecular weight excluding hydrogens is 318 g/mol. The molecule has 1 heterocycles. The van der Waals surface area contributed by atoms with E-state index in [1.54, 1.807) is 0 Å². The van der Waals surface area contributed by atoms with Crippen LogP contribution in [-0.4, -0.2) is 29.8 Å². The topological polar surface area (TPSA) is 64.6 Å². The summed E-state index contributed by atoms with van der Waals surface area (Å²) >= 11 is 0. The molecule has 2 fully saturated rings. The van der Waals surface area contributed by atoms with E-state index in [0.717, 1.165) is 6.42 Å². The summed E-state index contributed by atoms with van der Waals surface area (Å²) in [5.74, 6) is 0.652. The summed E-state index contributed by atoms with van der Waals surface area (Å²) in [5.41, 5.74) is -0.535. The Kier molecular flexibility index (Phi) is 6.75. The highest BCUT2D eigenvalue weighted by molar-refractivity contribution is 5.75. The van der Waals surface area contributed by atoms with E-state index in [9.17, 15) is 9.59 Å². The molecule has 1 amide bonds. The third kappa shape index (κ3) is 6.19. The Morgan fingerprint density at radius 3 is 2.40 bits per heavy atom. The number of cyclic esters (lactones) is 1. The largest absolute Gasteiger partial charge is 0.460 e. The van der Waals surface area contributed by atoms with Crippen molar-refractivity contribution in [2.24, 2.45) is 17.8 Å². The van der Waals surface area contributed by atoms with Crippen LogP contribution in [0.5, 0.6) is 0 Å². The number of ether oxygens (including phenoxy) is 2. The molecule has 0 aromatic rings. The number of amides is 1. The van der Waals surface area contributed by atoms with E-state index < -0.39 is 11.7 Å². The highest BCUT2D eigenvalue weighted by Crippen LogP contribution is 2.34. The van der Waals surface area contributed by atoms with Gasteiger partial charge in [-0.15, -0.1) is 0 Å². The molecule has 2 rings (SSSR count). The summed E-state index contributed by atoms with van der Waals surface area (Å²) in [6.07, 6.45) is 7.08. The van der Waals surface area contributed by atoms with Crippen LogP contribution in [0.4, 0.5) is 4.79 Å². The molecule has 25 heavy (non-hydrogen) atoms. The lowest BCUT2D eigenvalue weighted by Crippen LogP contribution is -2.46. The lowest BCUT2D eigenvalue weighted by Gasteiger charge is -2.31. The van der Waals surface area contributed by atoms with Crippen molar-refractivity contribution in [1.82, 2.24) is 5.32 Å². The number of hydrogen-bond donors (Lipinski definition) is 1. The van der Waals surface area contributed by atoms with Crippen LogP contribution in [0.25, 0.3) is 0 Å². The average Bonchev–Trinajstić information content (AvgIpc) is 2.88. The number of nitrogens with one attached hydrogen (secondary N) is 1. The third-order valence-electron chi connectivity index (χ3n) is 5.32. The van der Waals surface area contributed by atoms with Gasteiger partial charge in [0.15, 0.2) is 0 Å². The van der Waals surface area contributed by atoms with Gasteiger partial charge in [-0.25, -0.2) is 4.79 Å². The average molecular weight is 354 g/mol. The first-order valence-electron chi connectivity index (χ1n) is 9.85. The van der Waals surface area contributed by atoms with Crippen molar-refractivity contribution in [3.05, 3.63) is 0 Å². The molecular formula is C20H35NO4. The molecule has 3 atom stereocenters. The Balaban J connectivity index is 2.03. The van der Waals surface area contributed by atoms with E-state index in [1.807, 2.05) is 34.6 Å². The van der Waals surface area contributed by atoms with Crippen LogP contribution in [0.15, 0.2) is 0 Å². The maximum Gasteiger partial charge on any atom is 0.408 e. The highest BCUT2D eigenvalue weighted by Gasteiger charge is 2.41. The molecule has 1 saturated carbocycles. The van der Waals surface area contributed by atoms with Crippen molar-refractivity contribution in [2.45, 2.75) is 97.3 Å². The van der Waals surface area contributed by atoms with E-state index in [2.05, 4.69) is 5.32 Å². The van der Waals surface area contributed by atoms with Gasteiger partial charge in [0, 0.05) is 0 Å². The fraction of sp³-hybridized carbons (Fsp3) is 0.900. The van der Waals surface area contributed by atoms with Crippen molar-refractivity contribution in [2.75, 3.05) is 0 Å². The predicted octanol–water partition coefficient (Wildman–Crippen LogP) is 4.44. The third-order valence-corrected chi connectivity index (χ3v) is 5.32. The Morgan fingerprint density at radius 1 is 1.24 bits per heavy atom. The monoisotopic (exact) mass is 353 g/mol. The first-order valence-corrected chi connectivity index (χ1v) is 9.85. The second-order valence-electron chi connectivity index (χ2n) is 9.05. The normalized spacial score (nSPS) is 26.4. The summed E-state index contributed by atoms with van der Waals surface area (Å²) in [6.45, 7) is 9.66. The number of alkyl carbamates (subject to hydrolysis) is 1. The number of hydrogen-bond acceptors (Lipinski definition) is 4. The molecule has 0 aromatic carbocycles. The molecule has 0 bridgehead atoms. The Bertz CT molecular complexity index is 463. The number of carbonyl (C=O) groups is 2. The molecule has 0 unspecified atom stereocenters. The molecule has 2 aliphatic rings. The van der Waals surface area contributed by atoms with Crippen LogP contribution < -0.4 is 5.32 Å². The van der Waals surface area contributed by atoms with Crippen LogP contribution in [0.1, 0.15) is 79.6 Å². The fourth-order valence-corrected chi connectivity index (χ4v) is 3.97. The molecule has 144 valence electrons. The SMILES string of the molecule is CC(C)[C@H]1C[C@@H]([C@H](CC2CCCCC2)NC(=O)OC(C)(C)C)OC1=O. The summed E-state index contributed by atoms with van der Waals surface area (Å²) in [5, 5.41) is 3.00. The Morgan fingerprint density at radius 2 is 1.88 bits per heavy atom. The lowest BCUT2D eigenvalue weighted by molar-refractivity contribution is -0.146. The molecule has 1 saturated heterocycles. The predicted molar refractivity (Wildman–Crippen MR) is 97.2 cm³/mol. The fourth-order valence-electron chi connectivity index (χ4n) is 3.97. The summed E-state index contributed by atoms with van der Waals surface area (Å²) in [6, 6.07) is -0.161. The zero-order valence-corrected chi connectivity index (χ0v) is 16.5. The standard InChI is InChI=1S/C20H35NO4/c1-13(2)15-12-17(24-18(15)22)16(11-14-9-7-6-8-10-14)21-19(23)25-20(3,4)5/h13-17H,6-12H2,1-5H3,(H,21,23)/t15-,16+,17+/m1/s1. The second-order valence-corrected chi connectivity index (χ2v) is 9.05. The van der Waals surface area contributed by atoms with Gasteiger partial charge in [0.25, 0.3) is 0 Å². The van der Waals surface area contributed by atoms with Crippen LogP contribution >= 0.6 is 0 Å². The quantitative estimate of drug-likeness (QED) is 0.742. The Hall–Kier alpha value is -1.26. The van der Waals surface area contributed by atoms with Crippen LogP contribution in [0.3, 0.4) is 0 Å². The molecule has 0 radical (unpaired) electrons. The van der Waals surface area contributed by atoms with Gasteiger partial charge in [-0.2, -0.15) is 0 Å². The van der Waals surface area contributed by atoms with E-state index >= 15 is 0 Å². The van der Waals surface area contributed by atoms with Crippen LogP contribution in [0, 0.1) is 17.8 Å². The van der Waals surface area contributed by atoms with Gasteiger partial charge >= 0.3 is 12.1 Å². The van der Waals surface area contributed by atoms with Gasteiger partial charge in [-0.05, 0) is 45.4 Å². The van der Waals surface area contributed by atoms with Gasteiger partial charge < -0.3 is 14.8 Å². The smallest absolute Gasteiger partial charge is 0.408 e. The van der Waals surface area contributed by atoms with Gasteiger partial charge in [0.05, 0.1) is 12.0 Å². The number of esters is 1. The molecule has 5 heteroatoms. The van der Waals surface area contributed by atoms with Gasteiger partial charge in [0.2, 0.25) is 0 Å². The minimum atomic E-state index is -0.535. The summed E-state index contributed by atoms with van der Waals surface area (Å²) in [7, 11) is 0. The maximum atomic E-state index is 12.3. The molecule has 5 nitrogen and oxygen atoms in total. The first kappa shape index (κ1) is 20.1. The van der Waals surface area contributed by atoms with Gasteiger partial charge in [-0.3, -0.25) is 4.79 Å². The van der Waals surface area contributed by atoms with Gasteiger partial charge in [0.1, 0.15) is 11.7 Å². The first-order chi connectivity index (χ1) is 11.7. The van der Waals surface area contributed by atoms with Crippen molar-refractivity contribution in [3.63, 3.8) is 0 Å². The number of rotatable bonds is 5. The Labute approximate surface area is 152 Å². The number of carbonyl (C=O) groups excluding carboxylic acids is 2. The van der Waals surface area contributed by atoms with Crippen molar-refractivity contribution in [1.29, 1.82) is 0 Å². The second kappa shape index (κ2) is 8.41. The minimum absolute atomic E-state index is 0.0701. The van der Waals surface area contributed by atoms with E-state index in [0.29, 0.717) is 12.3 Å².